The van der Waals surface area contributed by atoms with E-state index in [4.69, 9.17) is 2.74 Å². The molecule has 2 heteroatoms. The summed E-state index contributed by atoms with van der Waals surface area (Å²) in [5.41, 5.74) is 2.69. The molecule has 0 bridgehead atoms. The molecular weight excluding hydrogens is 279 g/mol. The van der Waals surface area contributed by atoms with Gasteiger partial charge in [0.1, 0.15) is 0 Å². The molecule has 0 spiro atoms. The van der Waals surface area contributed by atoms with E-state index in [2.05, 4.69) is 22.3 Å². The molecule has 1 aromatic carbocycles. The first-order valence-electron chi connectivity index (χ1n) is 7.26. The van der Waals surface area contributed by atoms with E-state index in [0.717, 1.165) is 21.2 Å². The molecule has 2 rings (SSSR count). The van der Waals surface area contributed by atoms with E-state index in [0.29, 0.717) is 0 Å². The van der Waals surface area contributed by atoms with Crippen molar-refractivity contribution in [2.45, 2.75) is 30.6 Å². The van der Waals surface area contributed by atoms with Gasteiger partial charge < -0.3 is 0 Å². The maximum atomic E-state index is 8.12. The molecule has 0 aliphatic rings. The van der Waals surface area contributed by atoms with Crippen molar-refractivity contribution < 1.29 is 2.74 Å². The number of aromatic nitrogens is 1. The molecule has 1 heterocycles. The van der Waals surface area contributed by atoms with E-state index < -0.39 is 19.6 Å². The van der Waals surface area contributed by atoms with Crippen molar-refractivity contribution in [3.63, 3.8) is 0 Å². The predicted octanol–water partition coefficient (Wildman–Crippen LogP) is 3.86. The summed E-state index contributed by atoms with van der Waals surface area (Å²) in [7, 11) is 0. The first-order valence-corrected chi connectivity index (χ1v) is 13.6. The van der Waals surface area contributed by atoms with E-state index >= 15 is 0 Å². The van der Waals surface area contributed by atoms with Gasteiger partial charge in [-0.1, -0.05) is 0 Å². The van der Waals surface area contributed by atoms with Crippen LogP contribution in [0.3, 0.4) is 0 Å². The fourth-order valence-corrected chi connectivity index (χ4v) is 5.08. The minimum absolute atomic E-state index is 0.804. The molecule has 0 aliphatic heterocycles. The Kier molecular flexibility index (Phi) is 3.16. The molecular formula is C16H21GeN. The van der Waals surface area contributed by atoms with Crippen LogP contribution < -0.4 is 4.40 Å². The van der Waals surface area contributed by atoms with Crippen molar-refractivity contribution >= 4 is 17.7 Å². The van der Waals surface area contributed by atoms with E-state index in [1.54, 1.807) is 6.92 Å². The van der Waals surface area contributed by atoms with Crippen molar-refractivity contribution in [3.8, 4) is 11.3 Å². The number of hydrogen-bond acceptors (Lipinski definition) is 1. The molecule has 1 nitrogen and oxygen atoms in total. The molecule has 0 N–H and O–H groups in total. The van der Waals surface area contributed by atoms with Crippen molar-refractivity contribution in [1.29, 1.82) is 0 Å². The summed E-state index contributed by atoms with van der Waals surface area (Å²) in [4.78, 5) is 4.57. The van der Waals surface area contributed by atoms with Gasteiger partial charge in [-0.2, -0.15) is 0 Å². The quantitative estimate of drug-likeness (QED) is 0.785. The first kappa shape index (κ1) is 10.8. The normalized spacial score (nSPS) is 14.0. The second-order valence-corrected chi connectivity index (χ2v) is 16.1. The van der Waals surface area contributed by atoms with Gasteiger partial charge in [-0.25, -0.2) is 0 Å². The zero-order chi connectivity index (χ0) is 15.0. The fraction of sp³-hybridized carbons (Fsp3) is 0.312. The second-order valence-electron chi connectivity index (χ2n) is 5.48. The third-order valence-electron chi connectivity index (χ3n) is 3.05. The molecule has 18 heavy (non-hydrogen) atoms. The van der Waals surface area contributed by atoms with Crippen LogP contribution >= 0.6 is 0 Å². The van der Waals surface area contributed by atoms with Gasteiger partial charge in [0, 0.05) is 0 Å². The Morgan fingerprint density at radius 1 is 1.17 bits per heavy atom. The molecule has 0 radical (unpaired) electrons. The van der Waals surface area contributed by atoms with E-state index in [1.165, 1.54) is 0 Å². The van der Waals surface area contributed by atoms with Crippen LogP contribution in [0.4, 0.5) is 0 Å². The van der Waals surface area contributed by atoms with E-state index in [-0.39, 0.29) is 0 Å². The number of pyridine rings is 1. The second kappa shape index (κ2) is 5.27. The Labute approximate surface area is 115 Å². The summed E-state index contributed by atoms with van der Waals surface area (Å²) in [6.07, 6.45) is 0.569. The molecule has 0 fully saturated rings. The SMILES string of the molecule is [2H]C([2H])(C)c1cc(-c2ccccc2)nc[c]1[Ge]([CH3])([CH3])[CH3]. The van der Waals surface area contributed by atoms with Crippen molar-refractivity contribution in [3.05, 3.63) is 48.2 Å². The molecule has 2 aromatic rings. The number of benzene rings is 1. The Morgan fingerprint density at radius 3 is 2.39 bits per heavy atom. The fourth-order valence-electron chi connectivity index (χ4n) is 2.03. The number of rotatable bonds is 3. The van der Waals surface area contributed by atoms with Gasteiger partial charge in [0.05, 0.1) is 0 Å². The molecule has 0 saturated heterocycles. The van der Waals surface area contributed by atoms with E-state index in [9.17, 15) is 0 Å². The number of nitrogens with zero attached hydrogens (tertiary/aromatic N) is 1. The van der Waals surface area contributed by atoms with Gasteiger partial charge in [-0.05, 0) is 0 Å². The minimum atomic E-state index is -2.14. The molecule has 0 atom stereocenters. The van der Waals surface area contributed by atoms with Gasteiger partial charge in [0.2, 0.25) is 0 Å². The molecule has 1 aromatic heterocycles. The van der Waals surface area contributed by atoms with Crippen LogP contribution in [-0.4, -0.2) is 18.3 Å². The summed E-state index contributed by atoms with van der Waals surface area (Å²) in [6, 6.07) is 11.9. The van der Waals surface area contributed by atoms with Crippen molar-refractivity contribution in [1.82, 2.24) is 4.98 Å². The van der Waals surface area contributed by atoms with Gasteiger partial charge in [0.25, 0.3) is 0 Å². The Morgan fingerprint density at radius 2 is 1.83 bits per heavy atom. The van der Waals surface area contributed by atoms with Crippen LogP contribution in [0.2, 0.25) is 17.3 Å². The zero-order valence-electron chi connectivity index (χ0n) is 13.5. The third-order valence-corrected chi connectivity index (χ3v) is 7.28. The summed E-state index contributed by atoms with van der Waals surface area (Å²) in [5.74, 6) is 6.82. The first-order chi connectivity index (χ1) is 9.19. The van der Waals surface area contributed by atoms with Crippen LogP contribution in [0.1, 0.15) is 15.2 Å². The summed E-state index contributed by atoms with van der Waals surface area (Å²) in [5, 5.41) is 0. The Bertz CT molecular complexity index is 598. The van der Waals surface area contributed by atoms with Gasteiger partial charge >= 0.3 is 115 Å². The van der Waals surface area contributed by atoms with Crippen LogP contribution in [0, 0.1) is 0 Å². The molecule has 0 aliphatic carbocycles. The summed E-state index contributed by atoms with van der Waals surface area (Å²) < 4.78 is 17.4. The van der Waals surface area contributed by atoms with Gasteiger partial charge in [-0.3, -0.25) is 0 Å². The standard InChI is InChI=1S/C16H21GeN/c1-5-13-11-16(14-9-7-6-8-10-14)18-12-15(13)17(2,3)4/h6-12H,5H2,1-4H3/i5D2. The predicted molar refractivity (Wildman–Crippen MR) is 82.0 cm³/mol. The average Bonchev–Trinajstić information content (AvgIpc) is 2.37. The van der Waals surface area contributed by atoms with Crippen LogP contribution in [0.25, 0.3) is 11.3 Å². The van der Waals surface area contributed by atoms with Crippen LogP contribution in [0.5, 0.6) is 0 Å². The monoisotopic (exact) mass is 303 g/mol. The maximum absolute atomic E-state index is 8.12. The summed E-state index contributed by atoms with van der Waals surface area (Å²) >= 11 is -2.14. The molecule has 94 valence electrons. The number of aryl methyl sites for hydroxylation is 1. The van der Waals surface area contributed by atoms with E-state index in [1.807, 2.05) is 42.6 Å². The summed E-state index contributed by atoms with van der Waals surface area (Å²) in [6.45, 7) is 1.63. The topological polar surface area (TPSA) is 12.9 Å². The molecule has 0 amide bonds. The molecule has 0 saturated carbocycles. The molecule has 0 unspecified atom stereocenters. The Balaban J connectivity index is 2.62. The average molecular weight is 302 g/mol. The van der Waals surface area contributed by atoms with Gasteiger partial charge in [0.15, 0.2) is 0 Å². The van der Waals surface area contributed by atoms with Crippen LogP contribution in [0.15, 0.2) is 42.6 Å². The van der Waals surface area contributed by atoms with Crippen molar-refractivity contribution in [2.24, 2.45) is 0 Å². The number of hydrogen-bond donors (Lipinski definition) is 0. The van der Waals surface area contributed by atoms with Crippen LogP contribution in [-0.2, 0) is 6.37 Å². The zero-order valence-corrected chi connectivity index (χ0v) is 13.6. The van der Waals surface area contributed by atoms with Crippen molar-refractivity contribution in [2.75, 3.05) is 0 Å². The third kappa shape index (κ3) is 2.83. The Hall–Kier alpha value is -1.09. The van der Waals surface area contributed by atoms with Gasteiger partial charge in [-0.15, -0.1) is 0 Å².